The minimum atomic E-state index is 0.113. The van der Waals surface area contributed by atoms with Crippen LogP contribution in [0.5, 0.6) is 0 Å². The van der Waals surface area contributed by atoms with Gasteiger partial charge >= 0.3 is 0 Å². The van der Waals surface area contributed by atoms with Crippen molar-refractivity contribution in [2.24, 2.45) is 5.92 Å². The molecule has 0 N–H and O–H groups in total. The van der Waals surface area contributed by atoms with E-state index in [4.69, 9.17) is 0 Å². The van der Waals surface area contributed by atoms with E-state index < -0.39 is 0 Å². The maximum atomic E-state index is 2.52. The maximum absolute atomic E-state index is 2.52. The Bertz CT molecular complexity index is 1230. The SMILES string of the molecule is CCC1(C2CCCCC2)c2ccccc2-c2ccc(N(c3ccccc3)c3ccccc3)cc21. The van der Waals surface area contributed by atoms with Gasteiger partial charge in [0.25, 0.3) is 0 Å². The smallest absolute Gasteiger partial charge is 0.0465 e. The van der Waals surface area contributed by atoms with Crippen LogP contribution in [0.1, 0.15) is 56.6 Å². The number of benzene rings is 4. The molecule has 0 bridgehead atoms. The van der Waals surface area contributed by atoms with Gasteiger partial charge in [-0.25, -0.2) is 0 Å². The zero-order chi connectivity index (χ0) is 23.0. The van der Waals surface area contributed by atoms with Gasteiger partial charge in [-0.15, -0.1) is 0 Å². The van der Waals surface area contributed by atoms with Crippen LogP contribution in [0, 0.1) is 5.92 Å². The standard InChI is InChI=1S/C33H33N/c1-2-33(25-14-6-3-7-15-25)31-21-13-12-20-29(31)30-23-22-28(24-32(30)33)34(26-16-8-4-9-17-26)27-18-10-5-11-19-27/h4-5,8-13,16-25H,2-3,6-7,14-15H2,1H3. The van der Waals surface area contributed by atoms with Crippen molar-refractivity contribution in [3.63, 3.8) is 0 Å². The summed E-state index contributed by atoms with van der Waals surface area (Å²) >= 11 is 0. The predicted molar refractivity (Wildman–Crippen MR) is 144 cm³/mol. The Morgan fingerprint density at radius 2 is 1.21 bits per heavy atom. The average molecular weight is 444 g/mol. The number of fused-ring (bicyclic) bond motifs is 3. The van der Waals surface area contributed by atoms with E-state index in [1.54, 1.807) is 5.56 Å². The molecule has 170 valence electrons. The van der Waals surface area contributed by atoms with Gasteiger partial charge in [0.15, 0.2) is 0 Å². The third-order valence-electron chi connectivity index (χ3n) is 8.33. The highest BCUT2D eigenvalue weighted by Gasteiger charge is 2.47. The molecule has 0 aromatic heterocycles. The number of hydrogen-bond donors (Lipinski definition) is 0. The van der Waals surface area contributed by atoms with Gasteiger partial charge in [0.1, 0.15) is 0 Å². The lowest BCUT2D eigenvalue weighted by Crippen LogP contribution is -2.35. The summed E-state index contributed by atoms with van der Waals surface area (Å²) < 4.78 is 0. The van der Waals surface area contributed by atoms with Crippen LogP contribution >= 0.6 is 0 Å². The lowest BCUT2D eigenvalue weighted by atomic mass is 9.62. The van der Waals surface area contributed by atoms with Crippen molar-refractivity contribution in [3.8, 4) is 11.1 Å². The molecule has 1 atom stereocenters. The lowest BCUT2D eigenvalue weighted by Gasteiger charge is -2.42. The Morgan fingerprint density at radius 3 is 1.85 bits per heavy atom. The first-order valence-corrected chi connectivity index (χ1v) is 13.0. The molecule has 0 aliphatic heterocycles. The van der Waals surface area contributed by atoms with Crippen LogP contribution < -0.4 is 4.90 Å². The fourth-order valence-electron chi connectivity index (χ4n) is 6.83. The number of para-hydroxylation sites is 2. The van der Waals surface area contributed by atoms with Crippen LogP contribution in [0.15, 0.2) is 103 Å². The molecule has 2 aliphatic rings. The van der Waals surface area contributed by atoms with Crippen LogP contribution in [0.25, 0.3) is 11.1 Å². The molecule has 1 fully saturated rings. The molecule has 4 aromatic carbocycles. The second kappa shape index (κ2) is 8.80. The summed E-state index contributed by atoms with van der Waals surface area (Å²) in [7, 11) is 0. The minimum absolute atomic E-state index is 0.113. The molecule has 1 nitrogen and oxygen atoms in total. The van der Waals surface area contributed by atoms with Crippen LogP contribution in [-0.2, 0) is 5.41 Å². The van der Waals surface area contributed by atoms with Crippen molar-refractivity contribution in [2.75, 3.05) is 4.90 Å². The van der Waals surface area contributed by atoms with Crippen molar-refractivity contribution in [1.29, 1.82) is 0 Å². The Hall–Kier alpha value is -3.32. The van der Waals surface area contributed by atoms with Gasteiger partial charge in [-0.1, -0.05) is 92.9 Å². The van der Waals surface area contributed by atoms with Gasteiger partial charge in [-0.3, -0.25) is 0 Å². The molecule has 0 heterocycles. The molecule has 1 unspecified atom stereocenters. The van der Waals surface area contributed by atoms with Crippen molar-refractivity contribution in [3.05, 3.63) is 114 Å². The quantitative estimate of drug-likeness (QED) is 0.297. The van der Waals surface area contributed by atoms with Gasteiger partial charge in [0, 0.05) is 22.5 Å². The zero-order valence-electron chi connectivity index (χ0n) is 20.1. The molecule has 0 amide bonds. The number of nitrogens with zero attached hydrogens (tertiary/aromatic N) is 1. The largest absolute Gasteiger partial charge is 0.310 e. The van der Waals surface area contributed by atoms with Crippen LogP contribution in [0.3, 0.4) is 0 Å². The van der Waals surface area contributed by atoms with E-state index in [9.17, 15) is 0 Å². The van der Waals surface area contributed by atoms with Gasteiger partial charge in [-0.2, -0.15) is 0 Å². The van der Waals surface area contributed by atoms with Crippen molar-refractivity contribution < 1.29 is 0 Å². The maximum Gasteiger partial charge on any atom is 0.0465 e. The molecule has 6 rings (SSSR count). The third-order valence-corrected chi connectivity index (χ3v) is 8.33. The second-order valence-corrected chi connectivity index (χ2v) is 9.94. The van der Waals surface area contributed by atoms with E-state index in [1.807, 2.05) is 0 Å². The monoisotopic (exact) mass is 443 g/mol. The minimum Gasteiger partial charge on any atom is -0.310 e. The van der Waals surface area contributed by atoms with Crippen LogP contribution in [0.2, 0.25) is 0 Å². The Labute approximate surface area is 204 Å². The van der Waals surface area contributed by atoms with Crippen LogP contribution in [-0.4, -0.2) is 0 Å². The second-order valence-electron chi connectivity index (χ2n) is 9.94. The summed E-state index contributed by atoms with van der Waals surface area (Å²) in [5, 5.41) is 0. The van der Waals surface area contributed by atoms with E-state index in [0.717, 1.165) is 6.42 Å². The molecule has 0 spiro atoms. The molecule has 0 saturated heterocycles. The van der Waals surface area contributed by atoms with Crippen molar-refractivity contribution in [2.45, 2.75) is 50.9 Å². The summed E-state index contributed by atoms with van der Waals surface area (Å²) in [5.41, 5.74) is 9.74. The molecule has 0 radical (unpaired) electrons. The molecule has 1 saturated carbocycles. The first-order chi connectivity index (χ1) is 16.8. The predicted octanol–water partition coefficient (Wildman–Crippen LogP) is 9.41. The summed E-state index contributed by atoms with van der Waals surface area (Å²) in [6, 6.07) is 38.0. The van der Waals surface area contributed by atoms with E-state index in [2.05, 4.69) is 115 Å². The van der Waals surface area contributed by atoms with Gasteiger partial charge in [-0.05, 0) is 83.8 Å². The Balaban J connectivity index is 1.56. The molecular weight excluding hydrogens is 410 g/mol. The van der Waals surface area contributed by atoms with E-state index in [-0.39, 0.29) is 5.41 Å². The average Bonchev–Trinajstić information content (AvgIpc) is 3.21. The van der Waals surface area contributed by atoms with Crippen molar-refractivity contribution in [1.82, 2.24) is 0 Å². The third kappa shape index (κ3) is 3.29. The number of rotatable bonds is 5. The summed E-state index contributed by atoms with van der Waals surface area (Å²) in [6.07, 6.45) is 7.95. The fourth-order valence-corrected chi connectivity index (χ4v) is 6.83. The number of hydrogen-bond acceptors (Lipinski definition) is 1. The summed E-state index contributed by atoms with van der Waals surface area (Å²) in [6.45, 7) is 2.42. The van der Waals surface area contributed by atoms with Gasteiger partial charge in [0.2, 0.25) is 0 Å². The van der Waals surface area contributed by atoms with E-state index in [0.29, 0.717) is 5.92 Å². The highest BCUT2D eigenvalue weighted by Crippen LogP contribution is 2.58. The van der Waals surface area contributed by atoms with Crippen molar-refractivity contribution >= 4 is 17.1 Å². The lowest BCUT2D eigenvalue weighted by molar-refractivity contribution is 0.236. The van der Waals surface area contributed by atoms with Crippen LogP contribution in [0.4, 0.5) is 17.1 Å². The fraction of sp³-hybridized carbons (Fsp3) is 0.273. The normalized spacial score (nSPS) is 19.4. The van der Waals surface area contributed by atoms with E-state index >= 15 is 0 Å². The first-order valence-electron chi connectivity index (χ1n) is 13.0. The van der Waals surface area contributed by atoms with Gasteiger partial charge < -0.3 is 4.90 Å². The van der Waals surface area contributed by atoms with Gasteiger partial charge in [0.05, 0.1) is 0 Å². The first kappa shape index (κ1) is 21.2. The summed E-state index contributed by atoms with van der Waals surface area (Å²) in [4.78, 5) is 2.41. The Morgan fingerprint density at radius 1 is 0.618 bits per heavy atom. The molecule has 2 aliphatic carbocycles. The molecular formula is C33H33N. The van der Waals surface area contributed by atoms with E-state index in [1.165, 1.54) is 65.9 Å². The number of anilines is 3. The molecule has 34 heavy (non-hydrogen) atoms. The summed E-state index contributed by atoms with van der Waals surface area (Å²) in [5.74, 6) is 0.714. The Kier molecular flexibility index (Phi) is 5.49. The highest BCUT2D eigenvalue weighted by molar-refractivity contribution is 5.86. The molecule has 4 aromatic rings. The zero-order valence-corrected chi connectivity index (χ0v) is 20.1. The molecule has 1 heteroatoms. The topological polar surface area (TPSA) is 3.24 Å². The highest BCUT2D eigenvalue weighted by atomic mass is 15.1.